The molecule has 0 aliphatic heterocycles. The van der Waals surface area contributed by atoms with Gasteiger partial charge in [-0.3, -0.25) is 0 Å². The maximum absolute atomic E-state index is 10.7. The predicted octanol–water partition coefficient (Wildman–Crippen LogP) is 0.0877. The Hall–Kier alpha value is -0.551. The van der Waals surface area contributed by atoms with Gasteiger partial charge < -0.3 is 0 Å². The minimum absolute atomic E-state index is 0.440. The van der Waals surface area contributed by atoms with Crippen molar-refractivity contribution >= 4 is 28.8 Å². The van der Waals surface area contributed by atoms with E-state index in [1.807, 2.05) is 30.3 Å². The fourth-order valence-corrected chi connectivity index (χ4v) is 1.81. The van der Waals surface area contributed by atoms with Crippen molar-refractivity contribution in [2.24, 2.45) is 0 Å². The summed E-state index contributed by atoms with van der Waals surface area (Å²) in [4.78, 5) is 10.7. The van der Waals surface area contributed by atoms with Crippen molar-refractivity contribution in [2.75, 3.05) is 0 Å². The number of hydrogen-bond acceptors (Lipinski definition) is 2. The summed E-state index contributed by atoms with van der Waals surface area (Å²) in [7, 11) is 0. The van der Waals surface area contributed by atoms with Gasteiger partial charge in [0.2, 0.25) is 0 Å². The van der Waals surface area contributed by atoms with Gasteiger partial charge in [-0.2, -0.15) is 0 Å². The zero-order valence-corrected chi connectivity index (χ0v) is 10.4. The molecule has 0 aliphatic carbocycles. The Bertz CT molecular complexity index is 276. The third-order valence-electron chi connectivity index (χ3n) is 1.78. The van der Waals surface area contributed by atoms with E-state index >= 15 is 0 Å². The van der Waals surface area contributed by atoms with Crippen LogP contribution in [0.15, 0.2) is 30.3 Å². The predicted molar refractivity (Wildman–Crippen MR) is 51.9 cm³/mol. The molecule has 68 valence electrons. The number of benzene rings is 1. The van der Waals surface area contributed by atoms with Crippen molar-refractivity contribution < 1.29 is 9.90 Å². The van der Waals surface area contributed by atoms with Crippen LogP contribution in [-0.2, 0) is 11.2 Å². The SMILES string of the molecule is O=C(O)[C@H](Cc1ccccc1)[NH][SnH]. The quantitative estimate of drug-likeness (QED) is 0.770. The van der Waals surface area contributed by atoms with Crippen LogP contribution >= 0.6 is 0 Å². The molecule has 0 spiro atoms. The molecule has 0 aromatic heterocycles. The molecule has 1 rings (SSSR count). The molecule has 0 bridgehead atoms. The van der Waals surface area contributed by atoms with E-state index in [9.17, 15) is 4.79 Å². The molecule has 3 nitrogen and oxygen atoms in total. The van der Waals surface area contributed by atoms with E-state index in [0.717, 1.165) is 28.4 Å². The molecular formula is C9H11NO2Sn. The molecule has 1 atom stereocenters. The zero-order valence-electron chi connectivity index (χ0n) is 7.10. The van der Waals surface area contributed by atoms with Gasteiger partial charge in [0.15, 0.2) is 0 Å². The summed E-state index contributed by atoms with van der Waals surface area (Å²) in [5.74, 6) is -0.781. The molecule has 4 heteroatoms. The molecule has 2 radical (unpaired) electrons. The Morgan fingerprint density at radius 2 is 2.08 bits per heavy atom. The number of hydrogen-bond donors (Lipinski definition) is 2. The third-order valence-corrected chi connectivity index (χ3v) is 2.93. The molecular weight excluding hydrogens is 273 g/mol. The number of carboxylic acids is 1. The number of aliphatic carboxylic acids is 1. The fraction of sp³-hybridized carbons (Fsp3) is 0.222. The second kappa shape index (κ2) is 5.24. The molecule has 13 heavy (non-hydrogen) atoms. The summed E-state index contributed by atoms with van der Waals surface area (Å²) >= 11 is 0.761. The molecule has 1 aromatic rings. The van der Waals surface area contributed by atoms with Gasteiger partial charge in [-0.05, 0) is 0 Å². The van der Waals surface area contributed by atoms with Gasteiger partial charge in [0.05, 0.1) is 0 Å². The molecule has 0 fully saturated rings. The van der Waals surface area contributed by atoms with Gasteiger partial charge in [0.25, 0.3) is 0 Å². The van der Waals surface area contributed by atoms with Crippen molar-refractivity contribution in [3.63, 3.8) is 0 Å². The first-order chi connectivity index (χ1) is 6.24. The average molecular weight is 284 g/mol. The fourth-order valence-electron chi connectivity index (χ4n) is 1.07. The van der Waals surface area contributed by atoms with Crippen LogP contribution < -0.4 is 3.54 Å². The Kier molecular flexibility index (Phi) is 4.24. The zero-order chi connectivity index (χ0) is 9.68. The second-order valence-corrected chi connectivity index (χ2v) is 3.70. The summed E-state index contributed by atoms with van der Waals surface area (Å²) in [6.07, 6.45) is 0.553. The van der Waals surface area contributed by atoms with Crippen LogP contribution in [0, 0.1) is 0 Å². The monoisotopic (exact) mass is 285 g/mol. The van der Waals surface area contributed by atoms with Gasteiger partial charge in [0, 0.05) is 0 Å². The van der Waals surface area contributed by atoms with E-state index in [1.54, 1.807) is 0 Å². The van der Waals surface area contributed by atoms with Gasteiger partial charge in [-0.25, -0.2) is 0 Å². The molecule has 2 N–H and O–H groups in total. The number of rotatable bonds is 4. The molecule has 0 aliphatic rings. The van der Waals surface area contributed by atoms with E-state index < -0.39 is 12.0 Å². The summed E-state index contributed by atoms with van der Waals surface area (Å²) in [6.45, 7) is 0. The van der Waals surface area contributed by atoms with Crippen LogP contribution in [0.5, 0.6) is 0 Å². The molecule has 0 saturated heterocycles. The normalized spacial score (nSPS) is 12.4. The molecule has 0 amide bonds. The first kappa shape index (κ1) is 10.5. The van der Waals surface area contributed by atoms with Gasteiger partial charge in [-0.15, -0.1) is 0 Å². The van der Waals surface area contributed by atoms with E-state index in [1.165, 1.54) is 0 Å². The standard InChI is InChI=1S/C9H10NO2.Sn.H/c10-8(9(11)12)6-7-4-2-1-3-5-7;;/h1-5,8,10H,6H2,(H,11,12);;/q-1;+1;/t8-;;/m0../s1. The first-order valence-electron chi connectivity index (χ1n) is 3.97. The van der Waals surface area contributed by atoms with Crippen LogP contribution in [0.4, 0.5) is 0 Å². The summed E-state index contributed by atoms with van der Waals surface area (Å²) in [5, 5.41) is 8.79. The molecule has 1 aromatic carbocycles. The van der Waals surface area contributed by atoms with Gasteiger partial charge in [-0.1, -0.05) is 0 Å². The summed E-state index contributed by atoms with van der Waals surface area (Å²) < 4.78 is 2.88. The topological polar surface area (TPSA) is 49.3 Å². The summed E-state index contributed by atoms with van der Waals surface area (Å²) in [5.41, 5.74) is 1.05. The maximum atomic E-state index is 10.7. The van der Waals surface area contributed by atoms with Gasteiger partial charge >= 0.3 is 90.6 Å². The van der Waals surface area contributed by atoms with E-state index in [-0.39, 0.29) is 0 Å². The van der Waals surface area contributed by atoms with E-state index in [4.69, 9.17) is 5.11 Å². The van der Waals surface area contributed by atoms with Crippen molar-refractivity contribution in [2.45, 2.75) is 12.5 Å². The Labute approximate surface area is 90.6 Å². The number of nitrogens with one attached hydrogen (secondary N) is 1. The second-order valence-electron chi connectivity index (χ2n) is 2.75. The number of carboxylic acid groups (broad SMARTS) is 1. The average Bonchev–Trinajstić information content (AvgIpc) is 2.15. The third kappa shape index (κ3) is 3.36. The van der Waals surface area contributed by atoms with Gasteiger partial charge in [0.1, 0.15) is 0 Å². The van der Waals surface area contributed by atoms with Crippen molar-refractivity contribution in [3.05, 3.63) is 35.9 Å². The number of carbonyl (C=O) groups is 1. The van der Waals surface area contributed by atoms with E-state index in [0.29, 0.717) is 6.42 Å². The van der Waals surface area contributed by atoms with Crippen molar-refractivity contribution in [3.8, 4) is 0 Å². The van der Waals surface area contributed by atoms with Crippen LogP contribution in [0.25, 0.3) is 0 Å². The molecule has 0 unspecified atom stereocenters. The van der Waals surface area contributed by atoms with Crippen LogP contribution in [0.2, 0.25) is 0 Å². The van der Waals surface area contributed by atoms with Crippen LogP contribution in [0.1, 0.15) is 5.56 Å². The first-order valence-corrected chi connectivity index (χ1v) is 5.61. The Balaban J connectivity index is 2.62. The Morgan fingerprint density at radius 3 is 2.54 bits per heavy atom. The Morgan fingerprint density at radius 1 is 1.46 bits per heavy atom. The molecule has 0 saturated carbocycles. The van der Waals surface area contributed by atoms with E-state index in [2.05, 4.69) is 3.54 Å². The van der Waals surface area contributed by atoms with Crippen LogP contribution in [-0.4, -0.2) is 39.9 Å². The van der Waals surface area contributed by atoms with Crippen molar-refractivity contribution in [1.82, 2.24) is 3.54 Å². The summed E-state index contributed by atoms with van der Waals surface area (Å²) in [6, 6.07) is 9.19. The minimum atomic E-state index is -0.781. The van der Waals surface area contributed by atoms with Crippen molar-refractivity contribution in [1.29, 1.82) is 0 Å². The van der Waals surface area contributed by atoms with Crippen LogP contribution in [0.3, 0.4) is 0 Å². The molecule has 0 heterocycles.